The van der Waals surface area contributed by atoms with Gasteiger partial charge in [0.05, 0.1) is 12.0 Å². The summed E-state index contributed by atoms with van der Waals surface area (Å²) in [5, 5.41) is 19.9. The molecule has 3 aromatic rings. The van der Waals surface area contributed by atoms with Crippen molar-refractivity contribution in [3.05, 3.63) is 64.2 Å². The van der Waals surface area contributed by atoms with E-state index >= 15 is 0 Å². The Morgan fingerprint density at radius 2 is 1.88 bits per heavy atom. The molecule has 1 aliphatic heterocycles. The second-order valence-electron chi connectivity index (χ2n) is 5.35. The molecule has 126 valence electrons. The summed E-state index contributed by atoms with van der Waals surface area (Å²) in [7, 11) is 1.63. The molecule has 0 saturated heterocycles. The number of hydrogen-bond acceptors (Lipinski definition) is 7. The van der Waals surface area contributed by atoms with Crippen molar-refractivity contribution in [2.45, 2.75) is 10.5 Å². The SMILES string of the molecule is COc1ccc([C@H]2Nn3c(nnc3-c3ccc([N+](=O)[O-])cc3)S2)cc1. The van der Waals surface area contributed by atoms with Crippen LogP contribution in [0.15, 0.2) is 53.7 Å². The maximum Gasteiger partial charge on any atom is 0.269 e. The van der Waals surface area contributed by atoms with Crippen LogP contribution in [-0.2, 0) is 0 Å². The van der Waals surface area contributed by atoms with Gasteiger partial charge < -0.3 is 10.2 Å². The Bertz CT molecular complexity index is 924. The number of aromatic nitrogens is 3. The third kappa shape index (κ3) is 2.78. The summed E-state index contributed by atoms with van der Waals surface area (Å²) in [4.78, 5) is 10.4. The Kier molecular flexibility index (Phi) is 3.77. The molecule has 1 aromatic heterocycles. The lowest BCUT2D eigenvalue weighted by Gasteiger charge is -2.12. The summed E-state index contributed by atoms with van der Waals surface area (Å²) >= 11 is 1.56. The van der Waals surface area contributed by atoms with E-state index in [1.54, 1.807) is 35.7 Å². The van der Waals surface area contributed by atoms with Gasteiger partial charge in [-0.05, 0) is 29.8 Å². The zero-order valence-corrected chi connectivity index (χ0v) is 13.9. The van der Waals surface area contributed by atoms with Crippen molar-refractivity contribution in [2.24, 2.45) is 0 Å². The number of nitro benzene ring substituents is 1. The minimum Gasteiger partial charge on any atom is -0.497 e. The highest BCUT2D eigenvalue weighted by Crippen LogP contribution is 2.40. The molecule has 0 bridgehead atoms. The molecule has 0 fully saturated rings. The molecule has 0 radical (unpaired) electrons. The fourth-order valence-electron chi connectivity index (χ4n) is 2.55. The van der Waals surface area contributed by atoms with Crippen molar-refractivity contribution in [2.75, 3.05) is 12.5 Å². The second kappa shape index (κ2) is 6.10. The van der Waals surface area contributed by atoms with Crippen LogP contribution in [0.3, 0.4) is 0 Å². The summed E-state index contributed by atoms with van der Waals surface area (Å²) in [6, 6.07) is 14.1. The van der Waals surface area contributed by atoms with Gasteiger partial charge in [-0.25, -0.2) is 4.68 Å². The summed E-state index contributed by atoms with van der Waals surface area (Å²) < 4.78 is 6.99. The average molecular weight is 355 g/mol. The van der Waals surface area contributed by atoms with Crippen molar-refractivity contribution >= 4 is 17.4 Å². The van der Waals surface area contributed by atoms with E-state index in [0.29, 0.717) is 5.82 Å². The Morgan fingerprint density at radius 1 is 1.16 bits per heavy atom. The number of nitrogens with zero attached hydrogens (tertiary/aromatic N) is 4. The van der Waals surface area contributed by atoms with Crippen LogP contribution < -0.4 is 10.2 Å². The molecule has 2 heterocycles. The molecule has 1 aliphatic rings. The molecule has 0 amide bonds. The van der Waals surface area contributed by atoms with Gasteiger partial charge in [-0.15, -0.1) is 10.2 Å². The van der Waals surface area contributed by atoms with Gasteiger partial charge in [-0.3, -0.25) is 10.1 Å². The van der Waals surface area contributed by atoms with Crippen molar-refractivity contribution < 1.29 is 9.66 Å². The number of fused-ring (bicyclic) bond motifs is 1. The third-order valence-corrected chi connectivity index (χ3v) is 4.95. The number of thioether (sulfide) groups is 1. The van der Waals surface area contributed by atoms with Gasteiger partial charge in [0.1, 0.15) is 11.1 Å². The standard InChI is InChI=1S/C16H13N5O3S/c1-24-13-8-4-11(5-9-13)15-19-20-14(17-18-16(20)25-15)10-2-6-12(7-3-10)21(22)23/h2-9,15,19H,1H3/t15-/m0/s1. The molecule has 0 spiro atoms. The van der Waals surface area contributed by atoms with E-state index in [1.165, 1.54) is 12.1 Å². The van der Waals surface area contributed by atoms with Gasteiger partial charge >= 0.3 is 0 Å². The van der Waals surface area contributed by atoms with Gasteiger partial charge in [0.15, 0.2) is 5.82 Å². The molecule has 9 heteroatoms. The van der Waals surface area contributed by atoms with Gasteiger partial charge in [-0.2, -0.15) is 0 Å². The van der Waals surface area contributed by atoms with Gasteiger partial charge in [0, 0.05) is 17.7 Å². The molecule has 25 heavy (non-hydrogen) atoms. The largest absolute Gasteiger partial charge is 0.497 e. The topological polar surface area (TPSA) is 95.1 Å². The maximum absolute atomic E-state index is 10.8. The smallest absolute Gasteiger partial charge is 0.269 e. The number of ether oxygens (including phenoxy) is 1. The predicted octanol–water partition coefficient (Wildman–Crippen LogP) is 3.21. The fourth-order valence-corrected chi connectivity index (χ4v) is 3.55. The maximum atomic E-state index is 10.8. The zero-order chi connectivity index (χ0) is 17.4. The van der Waals surface area contributed by atoms with Crippen LogP contribution in [-0.4, -0.2) is 26.9 Å². The van der Waals surface area contributed by atoms with E-state index in [4.69, 9.17) is 4.74 Å². The van der Waals surface area contributed by atoms with E-state index in [2.05, 4.69) is 15.6 Å². The Hall–Kier alpha value is -3.07. The van der Waals surface area contributed by atoms with Crippen LogP contribution in [0.5, 0.6) is 5.75 Å². The van der Waals surface area contributed by atoms with Crippen LogP contribution in [0.1, 0.15) is 10.9 Å². The summed E-state index contributed by atoms with van der Waals surface area (Å²) in [5.41, 5.74) is 5.24. The molecular formula is C16H13N5O3S. The molecular weight excluding hydrogens is 342 g/mol. The quantitative estimate of drug-likeness (QED) is 0.567. The van der Waals surface area contributed by atoms with E-state index in [-0.39, 0.29) is 11.1 Å². The van der Waals surface area contributed by atoms with Crippen molar-refractivity contribution in [3.8, 4) is 17.1 Å². The number of rotatable bonds is 4. The number of methoxy groups -OCH3 is 1. The molecule has 8 nitrogen and oxygen atoms in total. The minimum absolute atomic E-state index is 0.00760. The highest BCUT2D eigenvalue weighted by molar-refractivity contribution is 7.99. The van der Waals surface area contributed by atoms with Crippen LogP contribution in [0.25, 0.3) is 11.4 Å². The number of non-ortho nitro benzene ring substituents is 1. The fraction of sp³-hybridized carbons (Fsp3) is 0.125. The first-order chi connectivity index (χ1) is 12.2. The molecule has 1 N–H and O–H groups in total. The Balaban J connectivity index is 1.59. The average Bonchev–Trinajstić information content (AvgIpc) is 3.22. The lowest BCUT2D eigenvalue weighted by molar-refractivity contribution is -0.384. The van der Waals surface area contributed by atoms with Gasteiger partial charge in [-0.1, -0.05) is 23.9 Å². The monoisotopic (exact) mass is 355 g/mol. The Labute approximate surface area is 147 Å². The highest BCUT2D eigenvalue weighted by Gasteiger charge is 2.28. The lowest BCUT2D eigenvalue weighted by atomic mass is 10.2. The first kappa shape index (κ1) is 15.5. The van der Waals surface area contributed by atoms with E-state index in [0.717, 1.165) is 22.0 Å². The van der Waals surface area contributed by atoms with Crippen LogP contribution in [0, 0.1) is 10.1 Å². The van der Waals surface area contributed by atoms with Crippen LogP contribution in [0.4, 0.5) is 5.69 Å². The van der Waals surface area contributed by atoms with Gasteiger partial charge in [0.2, 0.25) is 5.16 Å². The minimum atomic E-state index is -0.425. The van der Waals surface area contributed by atoms with Crippen LogP contribution in [0.2, 0.25) is 0 Å². The number of nitro groups is 1. The molecule has 0 unspecified atom stereocenters. The zero-order valence-electron chi connectivity index (χ0n) is 13.1. The highest BCUT2D eigenvalue weighted by atomic mass is 32.2. The lowest BCUT2D eigenvalue weighted by Crippen LogP contribution is -2.13. The van der Waals surface area contributed by atoms with E-state index in [9.17, 15) is 10.1 Å². The number of nitrogens with one attached hydrogen (secondary N) is 1. The van der Waals surface area contributed by atoms with E-state index < -0.39 is 4.92 Å². The Morgan fingerprint density at radius 3 is 2.52 bits per heavy atom. The van der Waals surface area contributed by atoms with Crippen molar-refractivity contribution in [1.82, 2.24) is 14.9 Å². The molecule has 0 aliphatic carbocycles. The predicted molar refractivity (Wildman–Crippen MR) is 93.1 cm³/mol. The normalized spacial score (nSPS) is 15.5. The second-order valence-corrected chi connectivity index (χ2v) is 6.42. The molecule has 4 rings (SSSR count). The number of benzene rings is 2. The van der Waals surface area contributed by atoms with Crippen LogP contribution >= 0.6 is 11.8 Å². The third-order valence-electron chi connectivity index (χ3n) is 3.86. The first-order valence-corrected chi connectivity index (χ1v) is 8.31. The molecule has 0 saturated carbocycles. The molecule has 1 atom stereocenters. The van der Waals surface area contributed by atoms with Crippen molar-refractivity contribution in [3.63, 3.8) is 0 Å². The van der Waals surface area contributed by atoms with Crippen molar-refractivity contribution in [1.29, 1.82) is 0 Å². The summed E-state index contributed by atoms with van der Waals surface area (Å²) in [6.07, 6.45) is 0. The molecule has 2 aromatic carbocycles. The summed E-state index contributed by atoms with van der Waals surface area (Å²) in [5.74, 6) is 1.42. The first-order valence-electron chi connectivity index (χ1n) is 7.43. The number of hydrogen-bond donors (Lipinski definition) is 1. The van der Waals surface area contributed by atoms with Gasteiger partial charge in [0.25, 0.3) is 5.69 Å². The van der Waals surface area contributed by atoms with E-state index in [1.807, 2.05) is 24.3 Å². The summed E-state index contributed by atoms with van der Waals surface area (Å²) in [6.45, 7) is 0.